The third kappa shape index (κ3) is 6.28. The summed E-state index contributed by atoms with van der Waals surface area (Å²) in [5.74, 6) is 0.355. The zero-order valence-corrected chi connectivity index (χ0v) is 19.4. The average molecular weight is 499 g/mol. The number of furan rings is 1. The standard InChI is InChI=1S/C24H22N2O8S/c1-16(24(28)26-18-7-10-21-22(13-18)33-15-32-21)34-23(27)11-6-17-4-8-20(9-5-17)35(29,30)25-14-19-3-2-12-31-19/h2-13,16,25H,14-15H2,1H3,(H,26,28)/b11-6+. The number of esters is 1. The molecule has 1 atom stereocenters. The number of fused-ring (bicyclic) bond motifs is 1. The summed E-state index contributed by atoms with van der Waals surface area (Å²) >= 11 is 0. The van der Waals surface area contributed by atoms with Gasteiger partial charge in [-0.2, -0.15) is 0 Å². The maximum absolute atomic E-state index is 12.4. The summed E-state index contributed by atoms with van der Waals surface area (Å²) in [5.41, 5.74) is 1.05. The van der Waals surface area contributed by atoms with Crippen LogP contribution < -0.4 is 19.5 Å². The number of nitrogens with one attached hydrogen (secondary N) is 2. The minimum absolute atomic E-state index is 0.0310. The van der Waals surface area contributed by atoms with Crippen molar-refractivity contribution in [2.24, 2.45) is 0 Å². The summed E-state index contributed by atoms with van der Waals surface area (Å²) in [7, 11) is -3.72. The molecule has 4 rings (SSSR count). The Kier molecular flexibility index (Phi) is 7.18. The summed E-state index contributed by atoms with van der Waals surface area (Å²) in [6.45, 7) is 1.60. The number of rotatable bonds is 9. The van der Waals surface area contributed by atoms with Crippen LogP contribution in [0.15, 0.2) is 76.2 Å². The fourth-order valence-corrected chi connectivity index (χ4v) is 4.06. The lowest BCUT2D eigenvalue weighted by atomic mass is 10.2. The first-order chi connectivity index (χ1) is 16.8. The molecular weight excluding hydrogens is 476 g/mol. The molecule has 10 nitrogen and oxygen atoms in total. The fourth-order valence-electron chi connectivity index (χ4n) is 3.07. The second-order valence-corrected chi connectivity index (χ2v) is 9.21. The van der Waals surface area contributed by atoms with Gasteiger partial charge in [0.15, 0.2) is 17.6 Å². The van der Waals surface area contributed by atoms with Crippen molar-refractivity contribution in [2.45, 2.75) is 24.5 Å². The molecule has 1 aliphatic heterocycles. The van der Waals surface area contributed by atoms with E-state index in [1.165, 1.54) is 31.4 Å². The first-order valence-corrected chi connectivity index (χ1v) is 12.0. The minimum Gasteiger partial charge on any atom is -0.468 e. The molecule has 0 spiro atoms. The van der Waals surface area contributed by atoms with Gasteiger partial charge in [-0.25, -0.2) is 17.9 Å². The van der Waals surface area contributed by atoms with Gasteiger partial charge in [0.2, 0.25) is 16.8 Å². The van der Waals surface area contributed by atoms with Crippen molar-refractivity contribution < 1.29 is 36.6 Å². The van der Waals surface area contributed by atoms with Crippen molar-refractivity contribution in [3.05, 3.63) is 78.3 Å². The van der Waals surface area contributed by atoms with E-state index in [1.54, 1.807) is 42.5 Å². The maximum atomic E-state index is 12.4. The van der Waals surface area contributed by atoms with Crippen LogP contribution in [-0.2, 0) is 30.9 Å². The number of benzene rings is 2. The first-order valence-electron chi connectivity index (χ1n) is 10.5. The second kappa shape index (κ2) is 10.5. The van der Waals surface area contributed by atoms with Crippen molar-refractivity contribution in [1.82, 2.24) is 4.72 Å². The second-order valence-electron chi connectivity index (χ2n) is 7.44. The molecular formula is C24H22N2O8S. The molecule has 2 N–H and O–H groups in total. The average Bonchev–Trinajstić information content (AvgIpc) is 3.53. The van der Waals surface area contributed by atoms with Crippen LogP contribution in [0.5, 0.6) is 11.5 Å². The minimum atomic E-state index is -3.72. The molecule has 0 saturated heterocycles. The molecule has 1 aliphatic rings. The molecule has 0 fully saturated rings. The van der Waals surface area contributed by atoms with Gasteiger partial charge >= 0.3 is 5.97 Å². The zero-order valence-electron chi connectivity index (χ0n) is 18.6. The molecule has 1 amide bonds. The van der Waals surface area contributed by atoms with Crippen LogP contribution in [-0.4, -0.2) is 33.2 Å². The van der Waals surface area contributed by atoms with Gasteiger partial charge < -0.3 is 23.9 Å². The van der Waals surface area contributed by atoms with Gasteiger partial charge in [0, 0.05) is 17.8 Å². The van der Waals surface area contributed by atoms with E-state index in [4.69, 9.17) is 18.6 Å². The van der Waals surface area contributed by atoms with Gasteiger partial charge in [-0.05, 0) is 55.0 Å². The Labute approximate surface area is 201 Å². The van der Waals surface area contributed by atoms with Crippen LogP contribution in [0, 0.1) is 0 Å². The van der Waals surface area contributed by atoms with Crippen LogP contribution in [0.3, 0.4) is 0 Å². The van der Waals surface area contributed by atoms with E-state index in [0.29, 0.717) is 28.5 Å². The molecule has 182 valence electrons. The Morgan fingerprint density at radius 2 is 1.86 bits per heavy atom. The molecule has 0 bridgehead atoms. The van der Waals surface area contributed by atoms with Gasteiger partial charge in [-0.3, -0.25) is 4.79 Å². The normalized spacial score (nSPS) is 13.5. The topological polar surface area (TPSA) is 133 Å². The Hall–Kier alpha value is -4.09. The number of hydrogen-bond donors (Lipinski definition) is 2. The molecule has 3 aromatic rings. The number of carbonyl (C=O) groups excluding carboxylic acids is 2. The Balaban J connectivity index is 1.28. The highest BCUT2D eigenvalue weighted by Gasteiger charge is 2.19. The summed E-state index contributed by atoms with van der Waals surface area (Å²) < 4.78 is 47.9. The van der Waals surface area contributed by atoms with E-state index in [1.807, 2.05) is 0 Å². The molecule has 1 unspecified atom stereocenters. The number of ether oxygens (including phenoxy) is 3. The van der Waals surface area contributed by atoms with E-state index in [-0.39, 0.29) is 18.2 Å². The zero-order chi connectivity index (χ0) is 24.8. The highest BCUT2D eigenvalue weighted by Crippen LogP contribution is 2.34. The van der Waals surface area contributed by atoms with E-state index in [2.05, 4.69) is 10.0 Å². The number of amides is 1. The van der Waals surface area contributed by atoms with Crippen LogP contribution in [0.4, 0.5) is 5.69 Å². The summed E-state index contributed by atoms with van der Waals surface area (Å²) in [6.07, 6.45) is 3.02. The lowest BCUT2D eigenvalue weighted by Crippen LogP contribution is -2.29. The van der Waals surface area contributed by atoms with E-state index in [9.17, 15) is 18.0 Å². The molecule has 11 heteroatoms. The van der Waals surface area contributed by atoms with Crippen molar-refractivity contribution >= 4 is 33.7 Å². The van der Waals surface area contributed by atoms with Crippen LogP contribution in [0.2, 0.25) is 0 Å². The molecule has 0 radical (unpaired) electrons. The highest BCUT2D eigenvalue weighted by atomic mass is 32.2. The predicted molar refractivity (Wildman–Crippen MR) is 125 cm³/mol. The first kappa shape index (κ1) is 24.0. The van der Waals surface area contributed by atoms with Crippen molar-refractivity contribution in [3.63, 3.8) is 0 Å². The summed E-state index contributed by atoms with van der Waals surface area (Å²) in [4.78, 5) is 24.5. The van der Waals surface area contributed by atoms with Crippen LogP contribution >= 0.6 is 0 Å². The Morgan fingerprint density at radius 1 is 1.09 bits per heavy atom. The van der Waals surface area contributed by atoms with Gasteiger partial charge in [-0.1, -0.05) is 12.1 Å². The van der Waals surface area contributed by atoms with Crippen molar-refractivity contribution in [3.8, 4) is 11.5 Å². The Bertz CT molecular complexity index is 1330. The highest BCUT2D eigenvalue weighted by molar-refractivity contribution is 7.89. The molecule has 2 aromatic carbocycles. The smallest absolute Gasteiger partial charge is 0.331 e. The monoisotopic (exact) mass is 498 g/mol. The molecule has 0 saturated carbocycles. The van der Waals surface area contributed by atoms with E-state index >= 15 is 0 Å². The van der Waals surface area contributed by atoms with E-state index in [0.717, 1.165) is 6.08 Å². The SMILES string of the molecule is CC(OC(=O)/C=C/c1ccc(S(=O)(=O)NCc2ccco2)cc1)C(=O)Nc1ccc2c(c1)OCO2. The van der Waals surface area contributed by atoms with Gasteiger partial charge in [0.05, 0.1) is 17.7 Å². The van der Waals surface area contributed by atoms with Crippen LogP contribution in [0.25, 0.3) is 6.08 Å². The number of hydrogen-bond acceptors (Lipinski definition) is 8. The van der Waals surface area contributed by atoms with Crippen LogP contribution in [0.1, 0.15) is 18.2 Å². The third-order valence-corrected chi connectivity index (χ3v) is 6.34. The molecule has 2 heterocycles. The predicted octanol–water partition coefficient (Wildman–Crippen LogP) is 3.07. The summed E-state index contributed by atoms with van der Waals surface area (Å²) in [6, 6.07) is 14.2. The number of carbonyl (C=O) groups is 2. The van der Waals surface area contributed by atoms with Gasteiger partial charge in [-0.15, -0.1) is 0 Å². The van der Waals surface area contributed by atoms with Crippen molar-refractivity contribution in [1.29, 1.82) is 0 Å². The molecule has 35 heavy (non-hydrogen) atoms. The van der Waals surface area contributed by atoms with Crippen molar-refractivity contribution in [2.75, 3.05) is 12.1 Å². The Morgan fingerprint density at radius 3 is 2.60 bits per heavy atom. The largest absolute Gasteiger partial charge is 0.468 e. The van der Waals surface area contributed by atoms with Gasteiger partial charge in [0.25, 0.3) is 5.91 Å². The number of anilines is 1. The quantitative estimate of drug-likeness (QED) is 0.340. The molecule has 1 aromatic heterocycles. The summed E-state index contributed by atoms with van der Waals surface area (Å²) in [5, 5.41) is 2.65. The van der Waals surface area contributed by atoms with E-state index < -0.39 is 28.0 Å². The number of sulfonamides is 1. The fraction of sp³-hybridized carbons (Fsp3) is 0.167. The lowest BCUT2D eigenvalue weighted by molar-refractivity contribution is -0.148. The molecule has 0 aliphatic carbocycles. The lowest BCUT2D eigenvalue weighted by Gasteiger charge is -2.12. The third-order valence-electron chi connectivity index (χ3n) is 4.92. The van der Waals surface area contributed by atoms with Gasteiger partial charge in [0.1, 0.15) is 5.76 Å². The maximum Gasteiger partial charge on any atom is 0.331 e.